The molecule has 2 N–H and O–H groups in total. The normalized spacial score (nSPS) is 24.7. The third kappa shape index (κ3) is 3.29. The summed E-state index contributed by atoms with van der Waals surface area (Å²) in [5.74, 6) is 0.723. The number of nitrogens with one attached hydrogen (secondary N) is 2. The standard InChI is InChI=1S/C18H25N3/c1-13-10-18(2,3)9-8-16(13)21-15-6-4-14(5-7-15)17-11-19-12-20-17/h4-7,11-13,16,21H,8-10H2,1-3H3,(H,19,20). The predicted octanol–water partition coefficient (Wildman–Crippen LogP) is 4.70. The van der Waals surface area contributed by atoms with E-state index in [0.717, 1.165) is 11.6 Å². The van der Waals surface area contributed by atoms with Gasteiger partial charge < -0.3 is 10.3 Å². The molecule has 1 aromatic heterocycles. The zero-order valence-corrected chi connectivity index (χ0v) is 13.2. The maximum Gasteiger partial charge on any atom is 0.0924 e. The van der Waals surface area contributed by atoms with Crippen LogP contribution in [0.3, 0.4) is 0 Å². The lowest BCUT2D eigenvalue weighted by atomic mass is 9.70. The lowest BCUT2D eigenvalue weighted by Gasteiger charge is -2.40. The molecule has 0 bridgehead atoms. The highest BCUT2D eigenvalue weighted by Crippen LogP contribution is 2.39. The second-order valence-corrected chi connectivity index (χ2v) is 7.18. The van der Waals surface area contributed by atoms with Crippen molar-refractivity contribution in [2.75, 3.05) is 5.32 Å². The number of rotatable bonds is 3. The molecule has 0 spiro atoms. The molecule has 2 unspecified atom stereocenters. The van der Waals surface area contributed by atoms with Crippen LogP contribution in [0.25, 0.3) is 11.3 Å². The second kappa shape index (κ2) is 5.55. The van der Waals surface area contributed by atoms with Gasteiger partial charge in [-0.3, -0.25) is 0 Å². The average molecular weight is 283 g/mol. The minimum atomic E-state index is 0.502. The first-order valence-corrected chi connectivity index (χ1v) is 7.89. The summed E-state index contributed by atoms with van der Waals surface area (Å²) in [5.41, 5.74) is 3.96. The predicted molar refractivity (Wildman–Crippen MR) is 88.2 cm³/mol. The molecule has 3 rings (SSSR count). The van der Waals surface area contributed by atoms with Crippen molar-refractivity contribution in [3.63, 3.8) is 0 Å². The maximum absolute atomic E-state index is 4.07. The third-order valence-corrected chi connectivity index (χ3v) is 4.74. The largest absolute Gasteiger partial charge is 0.382 e. The summed E-state index contributed by atoms with van der Waals surface area (Å²) in [5, 5.41) is 3.72. The van der Waals surface area contributed by atoms with Crippen LogP contribution in [0.4, 0.5) is 5.69 Å². The molecule has 0 amide bonds. The molecule has 3 nitrogen and oxygen atoms in total. The lowest BCUT2D eigenvalue weighted by molar-refractivity contribution is 0.177. The number of H-pyrrole nitrogens is 1. The minimum Gasteiger partial charge on any atom is -0.382 e. The molecular weight excluding hydrogens is 258 g/mol. The maximum atomic E-state index is 4.07. The summed E-state index contributed by atoms with van der Waals surface area (Å²) in [4.78, 5) is 7.21. The Balaban J connectivity index is 1.66. The molecule has 2 aromatic rings. The summed E-state index contributed by atoms with van der Waals surface area (Å²) in [7, 11) is 0. The van der Waals surface area contributed by atoms with E-state index < -0.39 is 0 Å². The van der Waals surface area contributed by atoms with Crippen LogP contribution in [0.15, 0.2) is 36.8 Å². The molecule has 0 radical (unpaired) electrons. The first-order valence-electron chi connectivity index (χ1n) is 7.89. The van der Waals surface area contributed by atoms with Gasteiger partial charge in [-0.1, -0.05) is 32.9 Å². The molecular formula is C18H25N3. The monoisotopic (exact) mass is 283 g/mol. The summed E-state index contributed by atoms with van der Waals surface area (Å²) >= 11 is 0. The fourth-order valence-corrected chi connectivity index (χ4v) is 3.53. The number of hydrogen-bond donors (Lipinski definition) is 2. The van der Waals surface area contributed by atoms with Crippen molar-refractivity contribution in [1.29, 1.82) is 0 Å². The molecule has 1 heterocycles. The molecule has 112 valence electrons. The van der Waals surface area contributed by atoms with E-state index in [0.29, 0.717) is 11.5 Å². The second-order valence-electron chi connectivity index (χ2n) is 7.18. The van der Waals surface area contributed by atoms with Gasteiger partial charge in [0.25, 0.3) is 0 Å². The zero-order chi connectivity index (χ0) is 14.9. The van der Waals surface area contributed by atoms with Gasteiger partial charge in [0.05, 0.1) is 18.2 Å². The van der Waals surface area contributed by atoms with Crippen molar-refractivity contribution in [2.45, 2.75) is 46.1 Å². The van der Waals surface area contributed by atoms with Gasteiger partial charge in [0, 0.05) is 11.7 Å². The number of imidazole rings is 1. The Morgan fingerprint density at radius 2 is 2.00 bits per heavy atom. The minimum absolute atomic E-state index is 0.502. The Hall–Kier alpha value is -1.77. The van der Waals surface area contributed by atoms with Gasteiger partial charge >= 0.3 is 0 Å². The molecule has 3 heteroatoms. The smallest absolute Gasteiger partial charge is 0.0924 e. The van der Waals surface area contributed by atoms with E-state index >= 15 is 0 Å². The molecule has 1 aliphatic carbocycles. The van der Waals surface area contributed by atoms with Crippen LogP contribution in [-0.4, -0.2) is 16.0 Å². The average Bonchev–Trinajstić information content (AvgIpc) is 2.96. The summed E-state index contributed by atoms with van der Waals surface area (Å²) in [6.45, 7) is 7.15. The van der Waals surface area contributed by atoms with Gasteiger partial charge in [0.1, 0.15) is 0 Å². The highest BCUT2D eigenvalue weighted by molar-refractivity contribution is 5.62. The Bertz CT molecular complexity index is 569. The van der Waals surface area contributed by atoms with Crippen LogP contribution in [-0.2, 0) is 0 Å². The highest BCUT2D eigenvalue weighted by atomic mass is 14.9. The molecule has 1 aliphatic rings. The number of aromatic nitrogens is 2. The number of anilines is 1. The summed E-state index contributed by atoms with van der Waals surface area (Å²) in [6, 6.07) is 9.22. The number of nitrogens with zero attached hydrogens (tertiary/aromatic N) is 1. The molecule has 21 heavy (non-hydrogen) atoms. The van der Waals surface area contributed by atoms with Crippen LogP contribution < -0.4 is 5.32 Å². The van der Waals surface area contributed by atoms with E-state index in [4.69, 9.17) is 0 Å². The van der Waals surface area contributed by atoms with Crippen molar-refractivity contribution in [1.82, 2.24) is 9.97 Å². The molecule has 1 saturated carbocycles. The lowest BCUT2D eigenvalue weighted by Crippen LogP contribution is -2.36. The highest BCUT2D eigenvalue weighted by Gasteiger charge is 2.32. The van der Waals surface area contributed by atoms with E-state index in [1.165, 1.54) is 30.5 Å². The Morgan fingerprint density at radius 3 is 2.62 bits per heavy atom. The number of aromatic amines is 1. The Kier molecular flexibility index (Phi) is 3.75. The van der Waals surface area contributed by atoms with Crippen molar-refractivity contribution in [2.24, 2.45) is 11.3 Å². The molecule has 2 atom stereocenters. The number of hydrogen-bond acceptors (Lipinski definition) is 2. The quantitative estimate of drug-likeness (QED) is 0.857. The van der Waals surface area contributed by atoms with Gasteiger partial charge in [0.2, 0.25) is 0 Å². The van der Waals surface area contributed by atoms with E-state index in [-0.39, 0.29) is 0 Å². The van der Waals surface area contributed by atoms with Gasteiger partial charge in [-0.05, 0) is 48.3 Å². The fraction of sp³-hybridized carbons (Fsp3) is 0.500. The van der Waals surface area contributed by atoms with Gasteiger partial charge in [-0.15, -0.1) is 0 Å². The zero-order valence-electron chi connectivity index (χ0n) is 13.2. The van der Waals surface area contributed by atoms with Crippen LogP contribution in [0.1, 0.15) is 40.0 Å². The van der Waals surface area contributed by atoms with Crippen molar-refractivity contribution < 1.29 is 0 Å². The first-order chi connectivity index (χ1) is 10.0. The van der Waals surface area contributed by atoms with Crippen LogP contribution in [0.5, 0.6) is 0 Å². The molecule has 1 fully saturated rings. The SMILES string of the molecule is CC1CC(C)(C)CCC1Nc1ccc(-c2cnc[nH]2)cc1. The van der Waals surface area contributed by atoms with Gasteiger partial charge in [-0.2, -0.15) is 0 Å². The van der Waals surface area contributed by atoms with Crippen LogP contribution in [0.2, 0.25) is 0 Å². The van der Waals surface area contributed by atoms with Gasteiger partial charge in [0.15, 0.2) is 0 Å². The Labute approximate surface area is 127 Å². The third-order valence-electron chi connectivity index (χ3n) is 4.74. The van der Waals surface area contributed by atoms with Crippen molar-refractivity contribution in [3.8, 4) is 11.3 Å². The number of benzene rings is 1. The first kappa shape index (κ1) is 14.2. The summed E-state index contributed by atoms with van der Waals surface area (Å²) < 4.78 is 0. The van der Waals surface area contributed by atoms with Crippen LogP contribution in [0, 0.1) is 11.3 Å². The Morgan fingerprint density at radius 1 is 1.24 bits per heavy atom. The van der Waals surface area contributed by atoms with Crippen molar-refractivity contribution >= 4 is 5.69 Å². The molecule has 0 saturated heterocycles. The summed E-state index contributed by atoms with van der Waals surface area (Å²) in [6.07, 6.45) is 7.44. The van der Waals surface area contributed by atoms with E-state index in [1.807, 2.05) is 6.20 Å². The van der Waals surface area contributed by atoms with E-state index in [2.05, 4.69) is 60.3 Å². The van der Waals surface area contributed by atoms with E-state index in [9.17, 15) is 0 Å². The molecule has 0 aliphatic heterocycles. The van der Waals surface area contributed by atoms with Crippen molar-refractivity contribution in [3.05, 3.63) is 36.8 Å². The molecule has 1 aromatic carbocycles. The van der Waals surface area contributed by atoms with Crippen LogP contribution >= 0.6 is 0 Å². The van der Waals surface area contributed by atoms with Gasteiger partial charge in [-0.25, -0.2) is 4.98 Å². The fourth-order valence-electron chi connectivity index (χ4n) is 3.53. The van der Waals surface area contributed by atoms with E-state index in [1.54, 1.807) is 6.33 Å². The topological polar surface area (TPSA) is 40.7 Å².